The van der Waals surface area contributed by atoms with Crippen molar-refractivity contribution in [2.75, 3.05) is 19.0 Å². The molecule has 98 valence electrons. The third kappa shape index (κ3) is 3.74. The van der Waals surface area contributed by atoms with Gasteiger partial charge in [-0.3, -0.25) is 4.79 Å². The summed E-state index contributed by atoms with van der Waals surface area (Å²) in [6, 6.07) is 7.33. The molecule has 1 fully saturated rings. The molecule has 1 heterocycles. The van der Waals surface area contributed by atoms with Crippen LogP contribution in [0.3, 0.4) is 0 Å². The molecule has 0 saturated carbocycles. The van der Waals surface area contributed by atoms with Crippen molar-refractivity contribution in [2.45, 2.75) is 31.8 Å². The van der Waals surface area contributed by atoms with E-state index in [1.54, 1.807) is 7.11 Å². The van der Waals surface area contributed by atoms with E-state index in [1.807, 2.05) is 24.3 Å². The zero-order chi connectivity index (χ0) is 12.8. The highest BCUT2D eigenvalue weighted by atomic mass is 16.5. The summed E-state index contributed by atoms with van der Waals surface area (Å²) < 4.78 is 10.5. The minimum Gasteiger partial charge on any atom is -0.497 e. The van der Waals surface area contributed by atoms with E-state index in [9.17, 15) is 4.79 Å². The first-order valence-corrected chi connectivity index (χ1v) is 6.33. The molecule has 1 unspecified atom stereocenters. The first kappa shape index (κ1) is 12.9. The lowest BCUT2D eigenvalue weighted by molar-refractivity contribution is -0.116. The Morgan fingerprint density at radius 1 is 1.44 bits per heavy atom. The van der Waals surface area contributed by atoms with Gasteiger partial charge < -0.3 is 14.8 Å². The van der Waals surface area contributed by atoms with Crippen LogP contribution in [0.25, 0.3) is 0 Å². The Kier molecular flexibility index (Phi) is 4.59. The molecule has 0 spiro atoms. The van der Waals surface area contributed by atoms with Crippen LogP contribution in [-0.2, 0) is 9.53 Å². The number of hydrogen-bond donors (Lipinski definition) is 1. The summed E-state index contributed by atoms with van der Waals surface area (Å²) in [5.74, 6) is 0.822. The molecule has 0 aliphatic carbocycles. The maximum atomic E-state index is 11.7. The molecule has 1 N–H and O–H groups in total. The lowest BCUT2D eigenvalue weighted by Crippen LogP contribution is -2.15. The van der Waals surface area contributed by atoms with Gasteiger partial charge in [-0.05, 0) is 43.5 Å². The van der Waals surface area contributed by atoms with Gasteiger partial charge in [0, 0.05) is 18.7 Å². The van der Waals surface area contributed by atoms with Crippen molar-refractivity contribution < 1.29 is 14.3 Å². The zero-order valence-electron chi connectivity index (χ0n) is 10.6. The van der Waals surface area contributed by atoms with Crippen molar-refractivity contribution in [3.63, 3.8) is 0 Å². The molecule has 0 radical (unpaired) electrons. The molecule has 1 amide bonds. The average Bonchev–Trinajstić information content (AvgIpc) is 2.90. The quantitative estimate of drug-likeness (QED) is 0.872. The minimum atomic E-state index is 0.0377. The Morgan fingerprint density at radius 2 is 2.22 bits per heavy atom. The first-order valence-electron chi connectivity index (χ1n) is 6.33. The average molecular weight is 249 g/mol. The highest BCUT2D eigenvalue weighted by Gasteiger charge is 2.16. The summed E-state index contributed by atoms with van der Waals surface area (Å²) in [5, 5.41) is 2.87. The molecule has 1 aliphatic heterocycles. The van der Waals surface area contributed by atoms with Crippen LogP contribution in [0, 0.1) is 0 Å². The van der Waals surface area contributed by atoms with Crippen molar-refractivity contribution >= 4 is 11.6 Å². The number of amides is 1. The number of carbonyl (C=O) groups is 1. The Balaban J connectivity index is 1.75. The number of hydrogen-bond acceptors (Lipinski definition) is 3. The van der Waals surface area contributed by atoms with E-state index in [0.29, 0.717) is 6.42 Å². The molecule has 1 saturated heterocycles. The number of methoxy groups -OCH3 is 1. The number of benzene rings is 1. The van der Waals surface area contributed by atoms with E-state index in [0.717, 1.165) is 37.3 Å². The largest absolute Gasteiger partial charge is 0.497 e. The van der Waals surface area contributed by atoms with Crippen LogP contribution in [0.1, 0.15) is 25.7 Å². The van der Waals surface area contributed by atoms with E-state index < -0.39 is 0 Å². The van der Waals surface area contributed by atoms with Crippen molar-refractivity contribution in [3.05, 3.63) is 24.3 Å². The van der Waals surface area contributed by atoms with Gasteiger partial charge in [0.25, 0.3) is 0 Å². The second-order valence-electron chi connectivity index (χ2n) is 4.45. The van der Waals surface area contributed by atoms with Crippen molar-refractivity contribution in [2.24, 2.45) is 0 Å². The Labute approximate surface area is 107 Å². The van der Waals surface area contributed by atoms with Crippen LogP contribution in [0.2, 0.25) is 0 Å². The van der Waals surface area contributed by atoms with Crippen LogP contribution < -0.4 is 10.1 Å². The van der Waals surface area contributed by atoms with Crippen LogP contribution in [-0.4, -0.2) is 25.7 Å². The van der Waals surface area contributed by atoms with Crippen LogP contribution in [0.4, 0.5) is 5.69 Å². The molecule has 1 aromatic carbocycles. The first-order chi connectivity index (χ1) is 8.78. The van der Waals surface area contributed by atoms with E-state index in [4.69, 9.17) is 9.47 Å². The number of nitrogens with one attached hydrogen (secondary N) is 1. The summed E-state index contributed by atoms with van der Waals surface area (Å²) in [6.07, 6.45) is 3.78. The number of ether oxygens (including phenoxy) is 2. The number of rotatable bonds is 5. The topological polar surface area (TPSA) is 47.6 Å². The fourth-order valence-electron chi connectivity index (χ4n) is 2.06. The van der Waals surface area contributed by atoms with Gasteiger partial charge in [-0.2, -0.15) is 0 Å². The van der Waals surface area contributed by atoms with Gasteiger partial charge in [0.05, 0.1) is 13.2 Å². The summed E-state index contributed by atoms with van der Waals surface area (Å²) in [5.41, 5.74) is 0.799. The highest BCUT2D eigenvalue weighted by molar-refractivity contribution is 5.90. The monoisotopic (exact) mass is 249 g/mol. The zero-order valence-corrected chi connectivity index (χ0v) is 10.6. The maximum Gasteiger partial charge on any atom is 0.224 e. The predicted molar refractivity (Wildman–Crippen MR) is 69.8 cm³/mol. The lowest BCUT2D eigenvalue weighted by atomic mass is 10.1. The van der Waals surface area contributed by atoms with Gasteiger partial charge in [-0.15, -0.1) is 0 Å². The molecule has 4 heteroatoms. The molecule has 1 atom stereocenters. The predicted octanol–water partition coefficient (Wildman–Crippen LogP) is 2.59. The minimum absolute atomic E-state index is 0.0377. The third-order valence-corrected chi connectivity index (χ3v) is 3.09. The van der Waals surface area contributed by atoms with E-state index in [2.05, 4.69) is 5.32 Å². The second-order valence-corrected chi connectivity index (χ2v) is 4.45. The van der Waals surface area contributed by atoms with E-state index in [-0.39, 0.29) is 12.0 Å². The lowest BCUT2D eigenvalue weighted by Gasteiger charge is -2.09. The molecule has 4 nitrogen and oxygen atoms in total. The Morgan fingerprint density at radius 3 is 2.83 bits per heavy atom. The second kappa shape index (κ2) is 6.40. The summed E-state index contributed by atoms with van der Waals surface area (Å²) >= 11 is 0. The Hall–Kier alpha value is -1.55. The highest BCUT2D eigenvalue weighted by Crippen LogP contribution is 2.18. The molecule has 0 aromatic heterocycles. The van der Waals surface area contributed by atoms with Crippen molar-refractivity contribution in [1.29, 1.82) is 0 Å². The SMILES string of the molecule is COc1ccc(NC(=O)CCC2CCCO2)cc1. The van der Waals surface area contributed by atoms with Gasteiger partial charge in [-0.25, -0.2) is 0 Å². The molecular formula is C14H19NO3. The summed E-state index contributed by atoms with van der Waals surface area (Å²) in [4.78, 5) is 11.7. The Bertz CT molecular complexity index is 383. The maximum absolute atomic E-state index is 11.7. The van der Waals surface area contributed by atoms with Gasteiger partial charge in [0.1, 0.15) is 5.75 Å². The van der Waals surface area contributed by atoms with E-state index >= 15 is 0 Å². The molecule has 1 aliphatic rings. The van der Waals surface area contributed by atoms with Gasteiger partial charge >= 0.3 is 0 Å². The standard InChI is InChI=1S/C14H19NO3/c1-17-12-6-4-11(5-7-12)15-14(16)9-8-13-3-2-10-18-13/h4-7,13H,2-3,8-10H2,1H3,(H,15,16). The van der Waals surface area contributed by atoms with Crippen LogP contribution in [0.15, 0.2) is 24.3 Å². The summed E-state index contributed by atoms with van der Waals surface area (Å²) in [7, 11) is 1.62. The molecule has 1 aromatic rings. The molecule has 0 bridgehead atoms. The van der Waals surface area contributed by atoms with Crippen molar-refractivity contribution in [1.82, 2.24) is 0 Å². The molecular weight excluding hydrogens is 230 g/mol. The summed E-state index contributed by atoms with van der Waals surface area (Å²) in [6.45, 7) is 0.838. The smallest absolute Gasteiger partial charge is 0.224 e. The van der Waals surface area contributed by atoms with Crippen LogP contribution >= 0.6 is 0 Å². The molecule has 2 rings (SSSR count). The van der Waals surface area contributed by atoms with Crippen LogP contribution in [0.5, 0.6) is 5.75 Å². The number of anilines is 1. The molecule has 18 heavy (non-hydrogen) atoms. The number of carbonyl (C=O) groups excluding carboxylic acids is 1. The van der Waals surface area contributed by atoms with Crippen molar-refractivity contribution in [3.8, 4) is 5.75 Å². The van der Waals surface area contributed by atoms with Gasteiger partial charge in [0.2, 0.25) is 5.91 Å². The van der Waals surface area contributed by atoms with E-state index in [1.165, 1.54) is 0 Å². The fraction of sp³-hybridized carbons (Fsp3) is 0.500. The van der Waals surface area contributed by atoms with Gasteiger partial charge in [-0.1, -0.05) is 0 Å². The third-order valence-electron chi connectivity index (χ3n) is 3.09. The van der Waals surface area contributed by atoms with Gasteiger partial charge in [0.15, 0.2) is 0 Å². The normalized spacial score (nSPS) is 18.6. The fourth-order valence-corrected chi connectivity index (χ4v) is 2.06.